The smallest absolute Gasteiger partial charge is 0.260 e. The van der Waals surface area contributed by atoms with Crippen LogP contribution in [0.3, 0.4) is 0 Å². The summed E-state index contributed by atoms with van der Waals surface area (Å²) in [6, 6.07) is 5.73. The third kappa shape index (κ3) is 4.24. The third-order valence-electron chi connectivity index (χ3n) is 3.12. The number of nitrogens with two attached hydrogens (primary N) is 1. The van der Waals surface area contributed by atoms with Gasteiger partial charge in [-0.15, -0.1) is 0 Å². The highest BCUT2D eigenvalue weighted by Crippen LogP contribution is 2.25. The van der Waals surface area contributed by atoms with E-state index < -0.39 is 0 Å². The summed E-state index contributed by atoms with van der Waals surface area (Å²) in [7, 11) is 0. The molecule has 106 valence electrons. The number of benzene rings is 1. The zero-order valence-corrected chi connectivity index (χ0v) is 12.3. The van der Waals surface area contributed by atoms with Crippen molar-refractivity contribution in [2.75, 3.05) is 19.7 Å². The molecule has 0 saturated carbocycles. The van der Waals surface area contributed by atoms with Crippen molar-refractivity contribution in [1.82, 2.24) is 4.90 Å². The fourth-order valence-corrected chi connectivity index (χ4v) is 1.96. The first-order valence-electron chi connectivity index (χ1n) is 6.76. The van der Waals surface area contributed by atoms with Gasteiger partial charge in [-0.2, -0.15) is 0 Å². The maximum Gasteiger partial charge on any atom is 0.260 e. The van der Waals surface area contributed by atoms with E-state index in [2.05, 4.69) is 0 Å². The van der Waals surface area contributed by atoms with Crippen molar-refractivity contribution in [2.45, 2.75) is 33.7 Å². The highest BCUT2D eigenvalue weighted by atomic mass is 16.5. The molecule has 0 saturated heterocycles. The van der Waals surface area contributed by atoms with Crippen LogP contribution in [0.2, 0.25) is 0 Å². The van der Waals surface area contributed by atoms with E-state index >= 15 is 0 Å². The van der Waals surface area contributed by atoms with Crippen LogP contribution in [-0.4, -0.2) is 30.5 Å². The number of aryl methyl sites for hydroxylation is 1. The van der Waals surface area contributed by atoms with Gasteiger partial charge in [-0.3, -0.25) is 4.79 Å². The van der Waals surface area contributed by atoms with Crippen LogP contribution in [0.25, 0.3) is 0 Å². The predicted octanol–water partition coefficient (Wildman–Crippen LogP) is 2.26. The van der Waals surface area contributed by atoms with E-state index in [4.69, 9.17) is 10.5 Å². The summed E-state index contributed by atoms with van der Waals surface area (Å²) in [4.78, 5) is 13.6. The van der Waals surface area contributed by atoms with E-state index in [1.807, 2.05) is 45.9 Å². The molecule has 0 fully saturated rings. The highest BCUT2D eigenvalue weighted by Gasteiger charge is 2.13. The molecule has 1 atom stereocenters. The van der Waals surface area contributed by atoms with Crippen LogP contribution in [0.4, 0.5) is 0 Å². The molecule has 0 aliphatic heterocycles. The molecule has 1 aromatic rings. The maximum atomic E-state index is 11.9. The lowest BCUT2D eigenvalue weighted by Gasteiger charge is -2.20. The van der Waals surface area contributed by atoms with E-state index in [1.54, 1.807) is 4.90 Å². The Labute approximate surface area is 115 Å². The molecular formula is C15H24N2O2. The molecular weight excluding hydrogens is 240 g/mol. The van der Waals surface area contributed by atoms with E-state index in [1.165, 1.54) is 0 Å². The minimum atomic E-state index is -0.113. The van der Waals surface area contributed by atoms with Gasteiger partial charge in [0.25, 0.3) is 5.91 Å². The van der Waals surface area contributed by atoms with Gasteiger partial charge < -0.3 is 15.4 Å². The number of ether oxygens (including phenoxy) is 1. The van der Waals surface area contributed by atoms with Gasteiger partial charge in [0.1, 0.15) is 5.75 Å². The first-order chi connectivity index (χ1) is 8.99. The van der Waals surface area contributed by atoms with Crippen molar-refractivity contribution >= 4 is 5.91 Å². The first-order valence-corrected chi connectivity index (χ1v) is 6.76. The zero-order valence-electron chi connectivity index (χ0n) is 12.3. The number of hydrogen-bond acceptors (Lipinski definition) is 3. The van der Waals surface area contributed by atoms with Crippen LogP contribution in [-0.2, 0) is 4.79 Å². The fourth-order valence-electron chi connectivity index (χ4n) is 1.96. The summed E-state index contributed by atoms with van der Waals surface area (Å²) in [6.45, 7) is 9.30. The number of carbonyl (C=O) groups excluding carboxylic acids is 1. The number of hydrogen-bond donors (Lipinski definition) is 1. The first kappa shape index (κ1) is 15.5. The SMILES string of the molecule is CCN(CC)C(=O)COc1ccc(C)cc1[C@H](C)N. The molecule has 19 heavy (non-hydrogen) atoms. The summed E-state index contributed by atoms with van der Waals surface area (Å²) >= 11 is 0. The zero-order chi connectivity index (χ0) is 14.4. The number of carbonyl (C=O) groups is 1. The predicted molar refractivity (Wildman–Crippen MR) is 77.2 cm³/mol. The van der Waals surface area contributed by atoms with Crippen molar-refractivity contribution in [3.63, 3.8) is 0 Å². The van der Waals surface area contributed by atoms with Crippen LogP contribution in [0.15, 0.2) is 18.2 Å². The molecule has 0 heterocycles. The van der Waals surface area contributed by atoms with Crippen LogP contribution in [0.1, 0.15) is 37.9 Å². The minimum absolute atomic E-state index is 0.00111. The monoisotopic (exact) mass is 264 g/mol. The Hall–Kier alpha value is -1.55. The summed E-state index contributed by atoms with van der Waals surface area (Å²) in [5.41, 5.74) is 8.00. The maximum absolute atomic E-state index is 11.9. The quantitative estimate of drug-likeness (QED) is 0.857. The molecule has 1 rings (SSSR count). The van der Waals surface area contributed by atoms with Gasteiger partial charge >= 0.3 is 0 Å². The third-order valence-corrected chi connectivity index (χ3v) is 3.12. The average molecular weight is 264 g/mol. The molecule has 0 aliphatic carbocycles. The van der Waals surface area contributed by atoms with Gasteiger partial charge in [0.2, 0.25) is 0 Å². The van der Waals surface area contributed by atoms with Crippen molar-refractivity contribution in [3.8, 4) is 5.75 Å². The molecule has 1 amide bonds. The highest BCUT2D eigenvalue weighted by molar-refractivity contribution is 5.77. The number of nitrogens with zero attached hydrogens (tertiary/aromatic N) is 1. The van der Waals surface area contributed by atoms with E-state index in [9.17, 15) is 4.79 Å². The molecule has 0 aromatic heterocycles. The number of likely N-dealkylation sites (N-methyl/N-ethyl adjacent to an activating group) is 1. The average Bonchev–Trinajstić information content (AvgIpc) is 2.38. The largest absolute Gasteiger partial charge is 0.483 e. The molecule has 0 aliphatic rings. The summed E-state index contributed by atoms with van der Waals surface area (Å²) in [6.07, 6.45) is 0. The van der Waals surface area contributed by atoms with Crippen molar-refractivity contribution in [2.24, 2.45) is 5.73 Å². The van der Waals surface area contributed by atoms with Gasteiger partial charge in [-0.25, -0.2) is 0 Å². The second-order valence-electron chi connectivity index (χ2n) is 4.68. The van der Waals surface area contributed by atoms with Gasteiger partial charge in [0.05, 0.1) is 0 Å². The second kappa shape index (κ2) is 7.14. The van der Waals surface area contributed by atoms with Crippen molar-refractivity contribution < 1.29 is 9.53 Å². The van der Waals surface area contributed by atoms with Crippen LogP contribution < -0.4 is 10.5 Å². The van der Waals surface area contributed by atoms with Gasteiger partial charge in [-0.05, 0) is 33.8 Å². The Bertz CT molecular complexity index is 426. The topological polar surface area (TPSA) is 55.6 Å². The Morgan fingerprint density at radius 3 is 2.53 bits per heavy atom. The Morgan fingerprint density at radius 1 is 1.37 bits per heavy atom. The van der Waals surface area contributed by atoms with Crippen LogP contribution in [0, 0.1) is 6.92 Å². The molecule has 1 aromatic carbocycles. The molecule has 0 spiro atoms. The fraction of sp³-hybridized carbons (Fsp3) is 0.533. The molecule has 0 radical (unpaired) electrons. The van der Waals surface area contributed by atoms with E-state index in [0.717, 1.165) is 11.1 Å². The molecule has 4 heteroatoms. The molecule has 4 nitrogen and oxygen atoms in total. The number of rotatable bonds is 6. The van der Waals surface area contributed by atoms with Crippen molar-refractivity contribution in [1.29, 1.82) is 0 Å². The Balaban J connectivity index is 2.75. The number of amides is 1. The Kier molecular flexibility index (Phi) is 5.83. The summed E-state index contributed by atoms with van der Waals surface area (Å²) in [5, 5.41) is 0. The Morgan fingerprint density at radius 2 is 2.00 bits per heavy atom. The molecule has 2 N–H and O–H groups in total. The van der Waals surface area contributed by atoms with Gasteiger partial charge in [0.15, 0.2) is 6.61 Å². The lowest BCUT2D eigenvalue weighted by Crippen LogP contribution is -2.34. The molecule has 0 unspecified atom stereocenters. The van der Waals surface area contributed by atoms with Crippen LogP contribution in [0.5, 0.6) is 5.75 Å². The normalized spacial score (nSPS) is 12.1. The molecule has 0 bridgehead atoms. The van der Waals surface area contributed by atoms with E-state index in [0.29, 0.717) is 18.8 Å². The van der Waals surface area contributed by atoms with Crippen LogP contribution >= 0.6 is 0 Å². The van der Waals surface area contributed by atoms with E-state index in [-0.39, 0.29) is 18.6 Å². The summed E-state index contributed by atoms with van der Waals surface area (Å²) in [5.74, 6) is 0.697. The summed E-state index contributed by atoms with van der Waals surface area (Å²) < 4.78 is 5.63. The van der Waals surface area contributed by atoms with Gasteiger partial charge in [-0.1, -0.05) is 17.7 Å². The lowest BCUT2D eigenvalue weighted by molar-refractivity contribution is -0.132. The second-order valence-corrected chi connectivity index (χ2v) is 4.68. The standard InChI is InChI=1S/C15H24N2O2/c1-5-17(6-2)15(18)10-19-14-8-7-11(3)9-13(14)12(4)16/h7-9,12H,5-6,10,16H2,1-4H3/t12-/m0/s1. The minimum Gasteiger partial charge on any atom is -0.483 e. The lowest BCUT2D eigenvalue weighted by atomic mass is 10.1. The van der Waals surface area contributed by atoms with Gasteiger partial charge in [0, 0.05) is 24.7 Å². The van der Waals surface area contributed by atoms with Crippen molar-refractivity contribution in [3.05, 3.63) is 29.3 Å².